The van der Waals surface area contributed by atoms with Crippen molar-refractivity contribution in [2.75, 3.05) is 18.4 Å². The molecule has 0 fully saturated rings. The van der Waals surface area contributed by atoms with Crippen LogP contribution in [0.5, 0.6) is 0 Å². The summed E-state index contributed by atoms with van der Waals surface area (Å²) in [5.41, 5.74) is 4.06. The van der Waals surface area contributed by atoms with Gasteiger partial charge in [0.15, 0.2) is 0 Å². The zero-order valence-corrected chi connectivity index (χ0v) is 13.0. The Kier molecular flexibility index (Phi) is 4.06. The number of carbonyl (C=O) groups excluding carboxylic acids is 2. The summed E-state index contributed by atoms with van der Waals surface area (Å²) in [6.07, 6.45) is 2.01. The number of amides is 2. The summed E-state index contributed by atoms with van der Waals surface area (Å²) in [5, 5.41) is 6.27. The fraction of sp³-hybridized carbons (Fsp3) is 0.176. The molecule has 0 unspecified atom stereocenters. The Hall–Kier alpha value is -2.40. The van der Waals surface area contributed by atoms with Crippen LogP contribution in [-0.2, 0) is 9.59 Å². The fourth-order valence-corrected chi connectivity index (χ4v) is 3.09. The molecule has 0 saturated heterocycles. The van der Waals surface area contributed by atoms with E-state index in [0.717, 1.165) is 11.1 Å². The van der Waals surface area contributed by atoms with Crippen LogP contribution in [0, 0.1) is 6.92 Å². The third kappa shape index (κ3) is 2.94. The highest BCUT2D eigenvalue weighted by Crippen LogP contribution is 2.24. The van der Waals surface area contributed by atoms with E-state index in [1.165, 1.54) is 16.9 Å². The van der Waals surface area contributed by atoms with E-state index >= 15 is 0 Å². The van der Waals surface area contributed by atoms with Gasteiger partial charge in [0.1, 0.15) is 0 Å². The number of hydrogen-bond acceptors (Lipinski definition) is 3. The van der Waals surface area contributed by atoms with Crippen molar-refractivity contribution in [2.24, 2.45) is 0 Å². The quantitative estimate of drug-likeness (QED) is 0.867. The number of nitrogens with one attached hydrogen (secondary N) is 1. The smallest absolute Gasteiger partial charge is 0.313 e. The molecule has 0 aliphatic carbocycles. The van der Waals surface area contributed by atoms with Crippen LogP contribution in [0.15, 0.2) is 47.2 Å². The first-order valence-corrected chi connectivity index (χ1v) is 7.97. The lowest BCUT2D eigenvalue weighted by Crippen LogP contribution is -2.38. The number of hydrogen-bond donors (Lipinski definition) is 1. The molecule has 5 heteroatoms. The van der Waals surface area contributed by atoms with Gasteiger partial charge >= 0.3 is 11.8 Å². The molecular weight excluding hydrogens is 296 g/mol. The molecule has 1 aliphatic heterocycles. The van der Waals surface area contributed by atoms with Gasteiger partial charge < -0.3 is 10.2 Å². The van der Waals surface area contributed by atoms with E-state index in [1.807, 2.05) is 42.6 Å². The van der Waals surface area contributed by atoms with E-state index in [-0.39, 0.29) is 0 Å². The number of carbonyl (C=O) groups is 2. The minimum Gasteiger partial charge on any atom is -0.326 e. The van der Waals surface area contributed by atoms with Gasteiger partial charge in [-0.25, -0.2) is 0 Å². The van der Waals surface area contributed by atoms with E-state index in [9.17, 15) is 9.59 Å². The van der Waals surface area contributed by atoms with Crippen LogP contribution in [0.2, 0.25) is 0 Å². The maximum Gasteiger partial charge on any atom is 0.313 e. The molecule has 3 rings (SSSR count). The molecule has 2 amide bonds. The molecule has 22 heavy (non-hydrogen) atoms. The van der Waals surface area contributed by atoms with Crippen LogP contribution >= 0.6 is 11.3 Å². The standard InChI is InChI=1S/C17H16N2O2S/c1-12-4-2-3-5-15(12)13-6-8-19(10-13)17(21)16(20)18-14-7-9-22-11-14/h2-7,9,11H,8,10H2,1H3,(H,18,20). The molecule has 0 atom stereocenters. The van der Waals surface area contributed by atoms with Gasteiger partial charge in [-0.05, 0) is 35.1 Å². The predicted molar refractivity (Wildman–Crippen MR) is 88.7 cm³/mol. The Morgan fingerprint density at radius 2 is 2.05 bits per heavy atom. The lowest BCUT2D eigenvalue weighted by atomic mass is 10.0. The molecule has 0 saturated carbocycles. The molecule has 0 bridgehead atoms. The number of anilines is 1. The lowest BCUT2D eigenvalue weighted by Gasteiger charge is -2.16. The normalized spacial score (nSPS) is 13.9. The minimum absolute atomic E-state index is 0.472. The highest BCUT2D eigenvalue weighted by Gasteiger charge is 2.26. The number of benzene rings is 1. The maximum atomic E-state index is 12.2. The monoisotopic (exact) mass is 312 g/mol. The number of thiophene rings is 1. The topological polar surface area (TPSA) is 49.4 Å². The first kappa shape index (κ1) is 14.5. The number of rotatable bonds is 2. The lowest BCUT2D eigenvalue weighted by molar-refractivity contribution is -0.142. The highest BCUT2D eigenvalue weighted by atomic mass is 32.1. The van der Waals surface area contributed by atoms with E-state index in [2.05, 4.69) is 5.32 Å². The van der Waals surface area contributed by atoms with Gasteiger partial charge in [-0.2, -0.15) is 11.3 Å². The molecule has 1 aromatic carbocycles. The van der Waals surface area contributed by atoms with Crippen molar-refractivity contribution in [1.82, 2.24) is 4.90 Å². The van der Waals surface area contributed by atoms with Crippen LogP contribution in [0.1, 0.15) is 11.1 Å². The molecule has 112 valence electrons. The van der Waals surface area contributed by atoms with E-state index in [1.54, 1.807) is 16.3 Å². The van der Waals surface area contributed by atoms with E-state index in [4.69, 9.17) is 0 Å². The summed E-state index contributed by atoms with van der Waals surface area (Å²) >= 11 is 1.47. The Bertz CT molecular complexity index is 735. The Balaban J connectivity index is 1.65. The third-order valence-corrected chi connectivity index (χ3v) is 4.35. The van der Waals surface area contributed by atoms with Crippen LogP contribution in [0.3, 0.4) is 0 Å². The molecule has 0 radical (unpaired) electrons. The van der Waals surface area contributed by atoms with Gasteiger partial charge in [0.05, 0.1) is 5.69 Å². The molecule has 1 aliphatic rings. The molecule has 2 aromatic rings. The largest absolute Gasteiger partial charge is 0.326 e. The SMILES string of the molecule is Cc1ccccc1C1=CCN(C(=O)C(=O)Nc2ccsc2)C1. The fourth-order valence-electron chi connectivity index (χ4n) is 2.50. The summed E-state index contributed by atoms with van der Waals surface area (Å²) in [4.78, 5) is 25.8. The third-order valence-electron chi connectivity index (χ3n) is 3.67. The Morgan fingerprint density at radius 1 is 1.23 bits per heavy atom. The Labute approximate surface area is 133 Å². The van der Waals surface area contributed by atoms with Gasteiger partial charge in [-0.15, -0.1) is 0 Å². The average molecular weight is 312 g/mol. The van der Waals surface area contributed by atoms with Gasteiger partial charge in [0, 0.05) is 18.5 Å². The van der Waals surface area contributed by atoms with Crippen LogP contribution < -0.4 is 5.32 Å². The van der Waals surface area contributed by atoms with Gasteiger partial charge in [0.25, 0.3) is 0 Å². The van der Waals surface area contributed by atoms with Crippen molar-refractivity contribution >= 4 is 34.4 Å². The van der Waals surface area contributed by atoms with E-state index in [0.29, 0.717) is 18.8 Å². The second-order valence-corrected chi connectivity index (χ2v) is 5.98. The first-order valence-electron chi connectivity index (χ1n) is 7.02. The van der Waals surface area contributed by atoms with Crippen molar-refractivity contribution in [2.45, 2.75) is 6.92 Å². The van der Waals surface area contributed by atoms with Crippen molar-refractivity contribution < 1.29 is 9.59 Å². The summed E-state index contributed by atoms with van der Waals surface area (Å²) in [7, 11) is 0. The molecular formula is C17H16N2O2S. The van der Waals surface area contributed by atoms with E-state index < -0.39 is 11.8 Å². The van der Waals surface area contributed by atoms with Gasteiger partial charge in [-0.1, -0.05) is 30.3 Å². The predicted octanol–water partition coefficient (Wildman–Crippen LogP) is 2.92. The summed E-state index contributed by atoms with van der Waals surface area (Å²) in [6.45, 7) is 2.99. The summed E-state index contributed by atoms with van der Waals surface area (Å²) in [5.74, 6) is -1.08. The zero-order valence-electron chi connectivity index (χ0n) is 12.2. The second-order valence-electron chi connectivity index (χ2n) is 5.20. The molecule has 0 spiro atoms. The molecule has 1 N–H and O–H groups in total. The highest BCUT2D eigenvalue weighted by molar-refractivity contribution is 7.08. The van der Waals surface area contributed by atoms with Gasteiger partial charge in [0.2, 0.25) is 0 Å². The van der Waals surface area contributed by atoms with Crippen molar-refractivity contribution in [1.29, 1.82) is 0 Å². The summed E-state index contributed by atoms with van der Waals surface area (Å²) < 4.78 is 0. The van der Waals surface area contributed by atoms with Crippen LogP contribution in [0.4, 0.5) is 5.69 Å². The molecule has 2 heterocycles. The minimum atomic E-state index is -0.585. The first-order chi connectivity index (χ1) is 10.6. The zero-order chi connectivity index (χ0) is 15.5. The second kappa shape index (κ2) is 6.15. The molecule has 1 aromatic heterocycles. The van der Waals surface area contributed by atoms with Crippen LogP contribution in [0.25, 0.3) is 5.57 Å². The summed E-state index contributed by atoms with van der Waals surface area (Å²) in [6, 6.07) is 9.84. The maximum absolute atomic E-state index is 12.2. The van der Waals surface area contributed by atoms with Crippen LogP contribution in [-0.4, -0.2) is 29.8 Å². The Morgan fingerprint density at radius 3 is 2.77 bits per heavy atom. The van der Waals surface area contributed by atoms with Gasteiger partial charge in [-0.3, -0.25) is 9.59 Å². The van der Waals surface area contributed by atoms with Crippen molar-refractivity contribution in [3.63, 3.8) is 0 Å². The molecule has 4 nitrogen and oxygen atoms in total. The average Bonchev–Trinajstić information content (AvgIpc) is 3.18. The number of aryl methyl sites for hydroxylation is 1. The number of nitrogens with zero attached hydrogens (tertiary/aromatic N) is 1. The van der Waals surface area contributed by atoms with Crippen molar-refractivity contribution in [3.8, 4) is 0 Å². The van der Waals surface area contributed by atoms with Crippen molar-refractivity contribution in [3.05, 3.63) is 58.3 Å².